The van der Waals surface area contributed by atoms with Gasteiger partial charge < -0.3 is 14.5 Å². The highest BCUT2D eigenvalue weighted by atomic mass is 32.1. The van der Waals surface area contributed by atoms with E-state index in [1.165, 1.54) is 11.3 Å². The maximum absolute atomic E-state index is 12.8. The number of thiazole rings is 1. The number of para-hydroxylation sites is 1. The van der Waals surface area contributed by atoms with E-state index < -0.39 is 0 Å². The monoisotopic (exact) mass is 317 g/mol. The molecule has 6 heteroatoms. The minimum atomic E-state index is -0.0339. The molecule has 0 unspecified atom stereocenters. The van der Waals surface area contributed by atoms with Crippen molar-refractivity contribution in [2.75, 3.05) is 27.2 Å². The van der Waals surface area contributed by atoms with E-state index in [0.29, 0.717) is 18.8 Å². The van der Waals surface area contributed by atoms with Crippen LogP contribution in [0.3, 0.4) is 0 Å². The molecule has 0 spiro atoms. The van der Waals surface area contributed by atoms with Crippen LogP contribution in [0, 0.1) is 0 Å². The van der Waals surface area contributed by atoms with Crippen LogP contribution in [0.4, 0.5) is 0 Å². The SMILES string of the molecule is CN(C)C[C@@H]1COc2ccccc2CN1C(=O)c1cscn1. The number of benzene rings is 1. The molecular formula is C16H19N3O2S. The normalized spacial score (nSPS) is 17.8. The average molecular weight is 317 g/mol. The van der Waals surface area contributed by atoms with E-state index in [4.69, 9.17) is 4.74 Å². The maximum atomic E-state index is 12.8. The Morgan fingerprint density at radius 2 is 2.27 bits per heavy atom. The van der Waals surface area contributed by atoms with Crippen molar-refractivity contribution in [3.63, 3.8) is 0 Å². The first-order chi connectivity index (χ1) is 10.6. The molecule has 1 aliphatic rings. The van der Waals surface area contributed by atoms with E-state index in [1.807, 2.05) is 43.3 Å². The van der Waals surface area contributed by atoms with Gasteiger partial charge in [0.1, 0.15) is 18.1 Å². The average Bonchev–Trinajstić information content (AvgIpc) is 2.97. The summed E-state index contributed by atoms with van der Waals surface area (Å²) in [5.41, 5.74) is 3.23. The zero-order valence-electron chi connectivity index (χ0n) is 12.7. The Kier molecular flexibility index (Phi) is 4.40. The molecule has 0 saturated carbocycles. The van der Waals surface area contributed by atoms with E-state index >= 15 is 0 Å². The largest absolute Gasteiger partial charge is 0.491 e. The molecule has 3 rings (SSSR count). The minimum absolute atomic E-state index is 0.00315. The molecule has 116 valence electrons. The van der Waals surface area contributed by atoms with Crippen molar-refractivity contribution in [2.45, 2.75) is 12.6 Å². The van der Waals surface area contributed by atoms with Crippen molar-refractivity contribution >= 4 is 17.2 Å². The van der Waals surface area contributed by atoms with E-state index in [-0.39, 0.29) is 11.9 Å². The molecule has 1 aromatic carbocycles. The number of likely N-dealkylation sites (N-methyl/N-ethyl adjacent to an activating group) is 1. The van der Waals surface area contributed by atoms with Gasteiger partial charge in [-0.1, -0.05) is 18.2 Å². The fourth-order valence-electron chi connectivity index (χ4n) is 2.64. The van der Waals surface area contributed by atoms with Crippen LogP contribution >= 0.6 is 11.3 Å². The lowest BCUT2D eigenvalue weighted by Gasteiger charge is -2.30. The number of ether oxygens (including phenoxy) is 1. The van der Waals surface area contributed by atoms with Gasteiger partial charge in [-0.05, 0) is 20.2 Å². The Bertz CT molecular complexity index is 643. The zero-order chi connectivity index (χ0) is 15.5. The van der Waals surface area contributed by atoms with Crippen molar-refractivity contribution in [3.05, 3.63) is 46.4 Å². The van der Waals surface area contributed by atoms with Gasteiger partial charge in [0.15, 0.2) is 0 Å². The quantitative estimate of drug-likeness (QED) is 0.870. The third kappa shape index (κ3) is 3.13. The van der Waals surface area contributed by atoms with Crippen molar-refractivity contribution in [2.24, 2.45) is 0 Å². The molecule has 0 saturated heterocycles. The minimum Gasteiger partial charge on any atom is -0.491 e. The van der Waals surface area contributed by atoms with Crippen molar-refractivity contribution < 1.29 is 9.53 Å². The first-order valence-electron chi connectivity index (χ1n) is 7.19. The molecule has 2 aromatic rings. The Hall–Kier alpha value is -1.92. The lowest BCUT2D eigenvalue weighted by atomic mass is 10.1. The summed E-state index contributed by atoms with van der Waals surface area (Å²) in [7, 11) is 4.01. The van der Waals surface area contributed by atoms with Crippen molar-refractivity contribution in [3.8, 4) is 5.75 Å². The summed E-state index contributed by atoms with van der Waals surface area (Å²) >= 11 is 1.44. The molecule has 1 aliphatic heterocycles. The summed E-state index contributed by atoms with van der Waals surface area (Å²) in [5, 5.41) is 1.80. The predicted octanol–water partition coefficient (Wildman–Crippen LogP) is 2.11. The molecule has 5 nitrogen and oxygen atoms in total. The van der Waals surface area contributed by atoms with Gasteiger partial charge in [-0.25, -0.2) is 4.98 Å². The molecule has 0 bridgehead atoms. The van der Waals surface area contributed by atoms with Gasteiger partial charge in [-0.2, -0.15) is 0 Å². The third-order valence-corrected chi connectivity index (χ3v) is 4.26. The van der Waals surface area contributed by atoms with Gasteiger partial charge in [0.2, 0.25) is 0 Å². The van der Waals surface area contributed by atoms with Gasteiger partial charge >= 0.3 is 0 Å². The number of nitrogens with zero attached hydrogens (tertiary/aromatic N) is 3. The second-order valence-corrected chi connectivity index (χ2v) is 6.36. The Morgan fingerprint density at radius 1 is 1.45 bits per heavy atom. The maximum Gasteiger partial charge on any atom is 0.274 e. The molecule has 0 radical (unpaired) electrons. The molecule has 0 fully saturated rings. The Labute approximate surface area is 134 Å². The highest BCUT2D eigenvalue weighted by Gasteiger charge is 2.30. The molecule has 22 heavy (non-hydrogen) atoms. The number of rotatable bonds is 3. The van der Waals surface area contributed by atoms with Crippen LogP contribution in [0.1, 0.15) is 16.1 Å². The molecule has 0 N–H and O–H groups in total. The number of hydrogen-bond acceptors (Lipinski definition) is 5. The lowest BCUT2D eigenvalue weighted by Crippen LogP contribution is -2.47. The highest BCUT2D eigenvalue weighted by molar-refractivity contribution is 7.07. The van der Waals surface area contributed by atoms with Gasteiger partial charge in [0, 0.05) is 17.5 Å². The zero-order valence-corrected chi connectivity index (χ0v) is 13.5. The van der Waals surface area contributed by atoms with E-state index in [1.54, 1.807) is 10.9 Å². The number of carbonyl (C=O) groups is 1. The topological polar surface area (TPSA) is 45.7 Å². The first-order valence-corrected chi connectivity index (χ1v) is 8.14. The number of aromatic nitrogens is 1. The second kappa shape index (κ2) is 6.46. The second-order valence-electron chi connectivity index (χ2n) is 5.64. The molecule has 0 aliphatic carbocycles. The summed E-state index contributed by atoms with van der Waals surface area (Å²) in [6.45, 7) is 1.79. The summed E-state index contributed by atoms with van der Waals surface area (Å²) in [6.07, 6.45) is 0. The lowest BCUT2D eigenvalue weighted by molar-refractivity contribution is 0.0578. The summed E-state index contributed by atoms with van der Waals surface area (Å²) < 4.78 is 5.92. The molecule has 2 heterocycles. The van der Waals surface area contributed by atoms with Gasteiger partial charge in [0.25, 0.3) is 5.91 Å². The molecule has 1 amide bonds. The Balaban J connectivity index is 1.92. The van der Waals surface area contributed by atoms with E-state index in [9.17, 15) is 4.79 Å². The predicted molar refractivity (Wildman–Crippen MR) is 86.3 cm³/mol. The third-order valence-electron chi connectivity index (χ3n) is 3.67. The molecule has 1 aromatic heterocycles. The van der Waals surface area contributed by atoms with Crippen LogP contribution in [-0.4, -0.2) is 54.0 Å². The number of fused-ring (bicyclic) bond motifs is 1. The Morgan fingerprint density at radius 3 is 3.00 bits per heavy atom. The molecule has 1 atom stereocenters. The number of amides is 1. The fraction of sp³-hybridized carbons (Fsp3) is 0.375. The van der Waals surface area contributed by atoms with Crippen LogP contribution in [-0.2, 0) is 6.54 Å². The standard InChI is InChI=1S/C16H19N3O2S/c1-18(2)8-13-9-21-15-6-4-3-5-12(15)7-19(13)16(20)14-10-22-11-17-14/h3-6,10-11,13H,7-9H2,1-2H3/t13-/m1/s1. The fourth-order valence-corrected chi connectivity index (χ4v) is 3.17. The first kappa shape index (κ1) is 15.0. The summed E-state index contributed by atoms with van der Waals surface area (Å²) in [6, 6.07) is 7.89. The van der Waals surface area contributed by atoms with Crippen LogP contribution in [0.2, 0.25) is 0 Å². The summed E-state index contributed by atoms with van der Waals surface area (Å²) in [5.74, 6) is 0.827. The highest BCUT2D eigenvalue weighted by Crippen LogP contribution is 2.26. The molecular weight excluding hydrogens is 298 g/mol. The van der Waals surface area contributed by atoms with Crippen molar-refractivity contribution in [1.29, 1.82) is 0 Å². The van der Waals surface area contributed by atoms with Crippen LogP contribution < -0.4 is 4.74 Å². The van der Waals surface area contributed by atoms with Gasteiger partial charge in [-0.15, -0.1) is 11.3 Å². The van der Waals surface area contributed by atoms with Crippen molar-refractivity contribution in [1.82, 2.24) is 14.8 Å². The van der Waals surface area contributed by atoms with Gasteiger partial charge in [0.05, 0.1) is 18.1 Å². The number of carbonyl (C=O) groups excluding carboxylic acids is 1. The van der Waals surface area contributed by atoms with Crippen LogP contribution in [0.15, 0.2) is 35.2 Å². The van der Waals surface area contributed by atoms with Crippen LogP contribution in [0.25, 0.3) is 0 Å². The number of hydrogen-bond donors (Lipinski definition) is 0. The van der Waals surface area contributed by atoms with E-state index in [0.717, 1.165) is 17.9 Å². The van der Waals surface area contributed by atoms with E-state index in [2.05, 4.69) is 9.88 Å². The van der Waals surface area contributed by atoms with Crippen LogP contribution in [0.5, 0.6) is 5.75 Å². The summed E-state index contributed by atoms with van der Waals surface area (Å²) in [4.78, 5) is 20.9. The smallest absolute Gasteiger partial charge is 0.274 e. The van der Waals surface area contributed by atoms with Gasteiger partial charge in [-0.3, -0.25) is 4.79 Å².